The Hall–Kier alpha value is -2.40. The first-order valence-corrected chi connectivity index (χ1v) is 9.46. The summed E-state index contributed by atoms with van der Waals surface area (Å²) in [5, 5.41) is 3.03. The molecule has 27 heavy (non-hydrogen) atoms. The van der Waals surface area contributed by atoms with E-state index in [0.29, 0.717) is 5.56 Å². The van der Waals surface area contributed by atoms with Crippen LogP contribution in [-0.2, 0) is 0 Å². The van der Waals surface area contributed by atoms with Gasteiger partial charge in [0.05, 0.1) is 6.04 Å². The third kappa shape index (κ3) is 4.48. The van der Waals surface area contributed by atoms with Gasteiger partial charge in [-0.05, 0) is 69.3 Å². The second-order valence-corrected chi connectivity index (χ2v) is 7.49. The van der Waals surface area contributed by atoms with Gasteiger partial charge in [-0.15, -0.1) is 0 Å². The van der Waals surface area contributed by atoms with E-state index in [4.69, 9.17) is 0 Å². The normalized spacial score (nSPS) is 16.3. The predicted octanol–water partition coefficient (Wildman–Crippen LogP) is 3.69. The Morgan fingerprint density at radius 3 is 2.41 bits per heavy atom. The lowest BCUT2D eigenvalue weighted by atomic mass is 10.0. The van der Waals surface area contributed by atoms with Crippen molar-refractivity contribution in [2.75, 3.05) is 38.1 Å². The van der Waals surface area contributed by atoms with Crippen molar-refractivity contribution in [2.24, 2.45) is 0 Å². The average molecular weight is 369 g/mol. The van der Waals surface area contributed by atoms with Gasteiger partial charge >= 0.3 is 0 Å². The summed E-state index contributed by atoms with van der Waals surface area (Å²) < 4.78 is 14.0. The highest BCUT2D eigenvalue weighted by Gasteiger charge is 2.21. The molecule has 1 saturated heterocycles. The van der Waals surface area contributed by atoms with E-state index < -0.39 is 0 Å². The van der Waals surface area contributed by atoms with Crippen LogP contribution in [-0.4, -0.2) is 44.0 Å². The lowest BCUT2D eigenvalue weighted by Crippen LogP contribution is -2.45. The number of likely N-dealkylation sites (N-methyl/N-ethyl adjacent to an activating group) is 1. The molecule has 0 spiro atoms. The molecule has 3 rings (SSSR count). The minimum Gasteiger partial charge on any atom is -0.369 e. The van der Waals surface area contributed by atoms with Crippen LogP contribution in [0.5, 0.6) is 0 Å². The molecule has 1 heterocycles. The summed E-state index contributed by atoms with van der Waals surface area (Å²) in [5.41, 5.74) is 4.68. The highest BCUT2D eigenvalue weighted by Crippen LogP contribution is 2.28. The van der Waals surface area contributed by atoms with Crippen LogP contribution >= 0.6 is 0 Å². The Balaban J connectivity index is 1.81. The number of amides is 1. The van der Waals surface area contributed by atoms with Gasteiger partial charge in [-0.25, -0.2) is 4.39 Å². The van der Waals surface area contributed by atoms with E-state index >= 15 is 0 Å². The molecule has 2 aromatic carbocycles. The minimum atomic E-state index is -0.288. The van der Waals surface area contributed by atoms with Crippen molar-refractivity contribution in [1.29, 1.82) is 0 Å². The number of carbonyl (C=O) groups is 1. The number of rotatable bonds is 4. The van der Waals surface area contributed by atoms with Gasteiger partial charge in [-0.3, -0.25) is 4.79 Å². The molecule has 1 aliphatic heterocycles. The van der Waals surface area contributed by atoms with Gasteiger partial charge in [-0.2, -0.15) is 0 Å². The van der Waals surface area contributed by atoms with Gasteiger partial charge in [-0.1, -0.05) is 6.07 Å². The quantitative estimate of drug-likeness (QED) is 0.893. The Labute approximate surface area is 161 Å². The number of nitrogens with zero attached hydrogens (tertiary/aromatic N) is 2. The molecule has 5 heteroatoms. The van der Waals surface area contributed by atoms with Gasteiger partial charge in [0.25, 0.3) is 5.91 Å². The second-order valence-electron chi connectivity index (χ2n) is 7.49. The molecule has 1 N–H and O–H groups in total. The predicted molar refractivity (Wildman–Crippen MR) is 108 cm³/mol. The van der Waals surface area contributed by atoms with Crippen LogP contribution in [0.3, 0.4) is 0 Å². The molecule has 0 radical (unpaired) electrons. The Morgan fingerprint density at radius 1 is 1.04 bits per heavy atom. The smallest absolute Gasteiger partial charge is 0.251 e. The minimum absolute atomic E-state index is 0.140. The number of nitrogens with one attached hydrogen (secondary N) is 1. The fourth-order valence-electron chi connectivity index (χ4n) is 3.45. The molecule has 4 nitrogen and oxygen atoms in total. The fraction of sp³-hybridized carbons (Fsp3) is 0.409. The van der Waals surface area contributed by atoms with Gasteiger partial charge < -0.3 is 15.1 Å². The van der Waals surface area contributed by atoms with Crippen LogP contribution in [0.4, 0.5) is 10.1 Å². The number of carbonyl (C=O) groups excluding carboxylic acids is 1. The standard InChI is InChI=1S/C22H28FN3O/c1-15-5-6-18(13-16(15)2)22(27)24-17(3)20-14-19(23)7-8-21(20)26-11-9-25(4)10-12-26/h5-8,13-14,17H,9-12H2,1-4H3,(H,24,27). The second kappa shape index (κ2) is 8.09. The van der Waals surface area contributed by atoms with Crippen molar-refractivity contribution >= 4 is 11.6 Å². The van der Waals surface area contributed by atoms with Crippen molar-refractivity contribution in [2.45, 2.75) is 26.8 Å². The molecule has 1 amide bonds. The summed E-state index contributed by atoms with van der Waals surface area (Å²) in [6, 6.07) is 10.3. The Kier molecular flexibility index (Phi) is 5.80. The molecule has 1 atom stereocenters. The molecule has 0 aromatic heterocycles. The molecule has 144 valence electrons. The molecule has 1 unspecified atom stereocenters. The van der Waals surface area contributed by atoms with Gasteiger partial charge in [0.2, 0.25) is 0 Å². The van der Waals surface area contributed by atoms with Crippen LogP contribution in [0.1, 0.15) is 40.0 Å². The maximum atomic E-state index is 14.0. The van der Waals surface area contributed by atoms with Crippen molar-refractivity contribution in [3.63, 3.8) is 0 Å². The number of piperazine rings is 1. The van der Waals surface area contributed by atoms with Crippen LogP contribution in [0.2, 0.25) is 0 Å². The highest BCUT2D eigenvalue weighted by atomic mass is 19.1. The summed E-state index contributed by atoms with van der Waals surface area (Å²) in [6.07, 6.45) is 0. The number of hydrogen-bond acceptors (Lipinski definition) is 3. The maximum absolute atomic E-state index is 14.0. The summed E-state index contributed by atoms with van der Waals surface area (Å²) in [6.45, 7) is 9.66. The fourth-order valence-corrected chi connectivity index (χ4v) is 3.45. The highest BCUT2D eigenvalue weighted by molar-refractivity contribution is 5.94. The average Bonchev–Trinajstić information content (AvgIpc) is 2.64. The van der Waals surface area contributed by atoms with Crippen molar-refractivity contribution in [3.05, 3.63) is 64.5 Å². The largest absolute Gasteiger partial charge is 0.369 e. The monoisotopic (exact) mass is 369 g/mol. The summed E-state index contributed by atoms with van der Waals surface area (Å²) in [5.74, 6) is -0.422. The van der Waals surface area contributed by atoms with Crippen LogP contribution in [0.25, 0.3) is 0 Å². The molecular formula is C22H28FN3O. The number of anilines is 1. The van der Waals surface area contributed by atoms with Gasteiger partial charge in [0.15, 0.2) is 0 Å². The lowest BCUT2D eigenvalue weighted by Gasteiger charge is -2.36. The van der Waals surface area contributed by atoms with E-state index in [9.17, 15) is 9.18 Å². The zero-order valence-corrected chi connectivity index (χ0v) is 16.6. The van der Waals surface area contributed by atoms with E-state index in [1.54, 1.807) is 6.07 Å². The van der Waals surface area contributed by atoms with Crippen LogP contribution in [0, 0.1) is 19.7 Å². The maximum Gasteiger partial charge on any atom is 0.251 e. The lowest BCUT2D eigenvalue weighted by molar-refractivity contribution is 0.0940. The molecule has 1 aliphatic rings. The number of benzene rings is 2. The van der Waals surface area contributed by atoms with E-state index in [0.717, 1.165) is 48.6 Å². The molecule has 0 bridgehead atoms. The third-order valence-corrected chi connectivity index (χ3v) is 5.42. The molecule has 0 aliphatic carbocycles. The van der Waals surface area contributed by atoms with Crippen molar-refractivity contribution in [1.82, 2.24) is 10.2 Å². The van der Waals surface area contributed by atoms with E-state index in [2.05, 4.69) is 22.2 Å². The van der Waals surface area contributed by atoms with Gasteiger partial charge in [0, 0.05) is 43.0 Å². The molecule has 2 aromatic rings. The van der Waals surface area contributed by atoms with E-state index in [1.165, 1.54) is 6.07 Å². The van der Waals surface area contributed by atoms with Crippen LogP contribution < -0.4 is 10.2 Å². The first-order chi connectivity index (χ1) is 12.8. The van der Waals surface area contributed by atoms with E-state index in [1.807, 2.05) is 45.0 Å². The zero-order chi connectivity index (χ0) is 19.6. The number of aryl methyl sites for hydroxylation is 2. The summed E-state index contributed by atoms with van der Waals surface area (Å²) >= 11 is 0. The Bertz CT molecular complexity index is 828. The summed E-state index contributed by atoms with van der Waals surface area (Å²) in [4.78, 5) is 17.2. The molecular weight excluding hydrogens is 341 g/mol. The topological polar surface area (TPSA) is 35.6 Å². The van der Waals surface area contributed by atoms with Gasteiger partial charge in [0.1, 0.15) is 5.82 Å². The third-order valence-electron chi connectivity index (χ3n) is 5.42. The zero-order valence-electron chi connectivity index (χ0n) is 16.6. The van der Waals surface area contributed by atoms with Crippen molar-refractivity contribution in [3.8, 4) is 0 Å². The molecule has 1 fully saturated rings. The number of halogens is 1. The molecule has 0 saturated carbocycles. The summed E-state index contributed by atoms with van der Waals surface area (Å²) in [7, 11) is 2.11. The number of hydrogen-bond donors (Lipinski definition) is 1. The van der Waals surface area contributed by atoms with E-state index in [-0.39, 0.29) is 17.8 Å². The first-order valence-electron chi connectivity index (χ1n) is 9.46. The van der Waals surface area contributed by atoms with Crippen LogP contribution in [0.15, 0.2) is 36.4 Å². The SMILES string of the molecule is Cc1ccc(C(=O)NC(C)c2cc(F)ccc2N2CCN(C)CC2)cc1C. The Morgan fingerprint density at radius 2 is 1.74 bits per heavy atom. The van der Waals surface area contributed by atoms with Crippen molar-refractivity contribution < 1.29 is 9.18 Å². The first kappa shape index (κ1) is 19.4.